The summed E-state index contributed by atoms with van der Waals surface area (Å²) in [5.74, 6) is 0.411. The van der Waals surface area contributed by atoms with Crippen molar-refractivity contribution in [2.45, 2.75) is 11.8 Å². The predicted octanol–water partition coefficient (Wildman–Crippen LogP) is 5.97. The Hall–Kier alpha value is -4.21. The van der Waals surface area contributed by atoms with Crippen LogP contribution in [0.25, 0.3) is 16.6 Å². The maximum absolute atomic E-state index is 13.3. The van der Waals surface area contributed by atoms with Crippen molar-refractivity contribution >= 4 is 50.7 Å². The second-order valence-corrected chi connectivity index (χ2v) is 10.3. The van der Waals surface area contributed by atoms with Crippen LogP contribution in [-0.2, 0) is 11.4 Å². The second-order valence-electron chi connectivity index (χ2n) is 8.46. The Labute approximate surface area is 237 Å². The van der Waals surface area contributed by atoms with Crippen molar-refractivity contribution < 1.29 is 9.53 Å². The third kappa shape index (κ3) is 6.81. The molecular weight excluding hydrogens is 576 g/mol. The maximum atomic E-state index is 13.3. The lowest BCUT2D eigenvalue weighted by Crippen LogP contribution is -2.24. The highest BCUT2D eigenvalue weighted by Gasteiger charge is 2.14. The Kier molecular flexibility index (Phi) is 8.50. The lowest BCUT2D eigenvalue weighted by molar-refractivity contribution is -0.118. The fourth-order valence-electron chi connectivity index (χ4n) is 3.79. The molecule has 39 heavy (non-hydrogen) atoms. The van der Waals surface area contributed by atoms with Gasteiger partial charge in [0.2, 0.25) is 0 Å². The molecule has 0 fully saturated rings. The van der Waals surface area contributed by atoms with Gasteiger partial charge in [0, 0.05) is 4.47 Å². The van der Waals surface area contributed by atoms with Crippen LogP contribution >= 0.6 is 27.7 Å². The average Bonchev–Trinajstić information content (AvgIpc) is 2.97. The molecule has 0 saturated carbocycles. The molecule has 0 bridgehead atoms. The number of carbonyl (C=O) groups excluding carboxylic acids is 1. The van der Waals surface area contributed by atoms with Gasteiger partial charge >= 0.3 is 0 Å². The molecule has 1 heterocycles. The monoisotopic (exact) mass is 598 g/mol. The summed E-state index contributed by atoms with van der Waals surface area (Å²) in [6, 6.07) is 31.9. The van der Waals surface area contributed by atoms with Crippen molar-refractivity contribution in [3.63, 3.8) is 0 Å². The average molecular weight is 600 g/mol. The van der Waals surface area contributed by atoms with Crippen LogP contribution in [-0.4, -0.2) is 27.4 Å². The summed E-state index contributed by atoms with van der Waals surface area (Å²) in [7, 11) is 0. The molecule has 0 spiro atoms. The van der Waals surface area contributed by atoms with Crippen molar-refractivity contribution in [2.75, 3.05) is 5.75 Å². The number of hydrogen-bond acceptors (Lipinski definition) is 6. The number of hydrogen-bond donors (Lipinski definition) is 1. The number of aromatic nitrogens is 2. The standard InChI is InChI=1S/C30H23BrN4O3S/c31-23-13-15-24(16-14-23)35-29(37)26-11-4-5-12-27(26)33-30(35)39-20-28(36)34-32-18-22-9-6-10-25(17-22)38-19-21-7-2-1-3-8-21/h1-18H,19-20H2,(H,34,36)/b32-18-. The molecule has 1 aromatic heterocycles. The predicted molar refractivity (Wildman–Crippen MR) is 159 cm³/mol. The normalized spacial score (nSPS) is 11.1. The number of amides is 1. The molecule has 0 aliphatic heterocycles. The van der Waals surface area contributed by atoms with Crippen molar-refractivity contribution in [1.82, 2.24) is 15.0 Å². The molecule has 0 atom stereocenters. The minimum atomic E-state index is -0.322. The second kappa shape index (κ2) is 12.6. The van der Waals surface area contributed by atoms with Gasteiger partial charge < -0.3 is 4.74 Å². The Morgan fingerprint density at radius 2 is 1.74 bits per heavy atom. The molecule has 0 radical (unpaired) electrons. The molecule has 0 aliphatic carbocycles. The largest absolute Gasteiger partial charge is 0.489 e. The number of benzene rings is 4. The molecule has 1 N–H and O–H groups in total. The van der Waals surface area contributed by atoms with Crippen molar-refractivity contribution in [1.29, 1.82) is 0 Å². The highest BCUT2D eigenvalue weighted by Crippen LogP contribution is 2.22. The van der Waals surface area contributed by atoms with Crippen LogP contribution < -0.4 is 15.7 Å². The van der Waals surface area contributed by atoms with Crippen molar-refractivity contribution in [2.24, 2.45) is 5.10 Å². The van der Waals surface area contributed by atoms with Crippen LogP contribution in [0.4, 0.5) is 0 Å². The Balaban J connectivity index is 1.25. The van der Waals surface area contributed by atoms with Gasteiger partial charge in [-0.05, 0) is 59.7 Å². The van der Waals surface area contributed by atoms with Gasteiger partial charge in [-0.3, -0.25) is 14.2 Å². The number of nitrogens with one attached hydrogen (secondary N) is 1. The molecule has 4 aromatic carbocycles. The number of carbonyl (C=O) groups is 1. The number of rotatable bonds is 9. The van der Waals surface area contributed by atoms with Crippen LogP contribution in [0.2, 0.25) is 0 Å². The highest BCUT2D eigenvalue weighted by atomic mass is 79.9. The molecule has 0 unspecified atom stereocenters. The lowest BCUT2D eigenvalue weighted by atomic mass is 10.2. The van der Waals surface area contributed by atoms with Crippen LogP contribution in [0.15, 0.2) is 123 Å². The zero-order chi connectivity index (χ0) is 27.0. The number of para-hydroxylation sites is 1. The number of hydrazone groups is 1. The smallest absolute Gasteiger partial charge is 0.266 e. The highest BCUT2D eigenvalue weighted by molar-refractivity contribution is 9.10. The zero-order valence-corrected chi connectivity index (χ0v) is 23.1. The van der Waals surface area contributed by atoms with E-state index in [1.54, 1.807) is 24.4 Å². The first-order valence-electron chi connectivity index (χ1n) is 12.1. The number of halogens is 1. The van der Waals surface area contributed by atoms with Gasteiger partial charge in [-0.1, -0.05) is 82.3 Å². The van der Waals surface area contributed by atoms with Gasteiger partial charge in [-0.15, -0.1) is 0 Å². The minimum Gasteiger partial charge on any atom is -0.489 e. The van der Waals surface area contributed by atoms with E-state index in [2.05, 4.69) is 31.4 Å². The third-order valence-corrected chi connectivity index (χ3v) is 7.14. The summed E-state index contributed by atoms with van der Waals surface area (Å²) in [6.45, 7) is 0.462. The lowest BCUT2D eigenvalue weighted by Gasteiger charge is -2.13. The third-order valence-electron chi connectivity index (χ3n) is 5.67. The molecular formula is C30H23BrN4O3S. The van der Waals surface area contributed by atoms with Crippen molar-refractivity contribution in [3.05, 3.63) is 129 Å². The minimum absolute atomic E-state index is 0.0267. The first-order valence-corrected chi connectivity index (χ1v) is 13.8. The molecule has 9 heteroatoms. The summed E-state index contributed by atoms with van der Waals surface area (Å²) >= 11 is 4.60. The Morgan fingerprint density at radius 3 is 2.56 bits per heavy atom. The number of nitrogens with zero attached hydrogens (tertiary/aromatic N) is 3. The van der Waals surface area contributed by atoms with E-state index in [1.165, 1.54) is 16.3 Å². The van der Waals surface area contributed by atoms with E-state index in [-0.39, 0.29) is 17.2 Å². The summed E-state index contributed by atoms with van der Waals surface area (Å²) < 4.78 is 8.27. The van der Waals surface area contributed by atoms with Gasteiger partial charge in [-0.2, -0.15) is 5.10 Å². The van der Waals surface area contributed by atoms with Crippen LogP contribution in [0.5, 0.6) is 5.75 Å². The Bertz CT molecular complexity index is 1690. The van der Waals surface area contributed by atoms with Crippen LogP contribution in [0, 0.1) is 0 Å². The SMILES string of the molecule is O=C(CSc1nc2ccccc2c(=O)n1-c1ccc(Br)cc1)N/N=C\c1cccc(OCc2ccccc2)c1. The van der Waals surface area contributed by atoms with E-state index in [0.717, 1.165) is 15.6 Å². The topological polar surface area (TPSA) is 85.6 Å². The van der Waals surface area contributed by atoms with E-state index >= 15 is 0 Å². The summed E-state index contributed by atoms with van der Waals surface area (Å²) in [5.41, 5.74) is 5.45. The van der Waals surface area contributed by atoms with Crippen LogP contribution in [0.1, 0.15) is 11.1 Å². The fourth-order valence-corrected chi connectivity index (χ4v) is 4.86. The Morgan fingerprint density at radius 1 is 0.974 bits per heavy atom. The molecule has 5 aromatic rings. The van der Waals surface area contributed by atoms with E-state index in [0.29, 0.717) is 34.1 Å². The molecule has 194 valence electrons. The number of fused-ring (bicyclic) bond motifs is 1. The van der Waals surface area contributed by atoms with Gasteiger partial charge in [0.1, 0.15) is 12.4 Å². The summed E-state index contributed by atoms with van der Waals surface area (Å²) in [4.78, 5) is 30.6. The van der Waals surface area contributed by atoms with E-state index in [1.807, 2.05) is 84.9 Å². The van der Waals surface area contributed by atoms with E-state index < -0.39 is 0 Å². The first kappa shape index (κ1) is 26.4. The number of thioether (sulfide) groups is 1. The molecule has 7 nitrogen and oxygen atoms in total. The fraction of sp³-hybridized carbons (Fsp3) is 0.0667. The van der Waals surface area contributed by atoms with Gasteiger partial charge in [0.15, 0.2) is 5.16 Å². The quantitative estimate of drug-likeness (QED) is 0.0977. The molecule has 1 amide bonds. The van der Waals surface area contributed by atoms with E-state index in [9.17, 15) is 9.59 Å². The van der Waals surface area contributed by atoms with Gasteiger partial charge in [0.05, 0.1) is 28.6 Å². The first-order chi connectivity index (χ1) is 19.1. The van der Waals surface area contributed by atoms with Gasteiger partial charge in [0.25, 0.3) is 11.5 Å². The molecule has 5 rings (SSSR count). The molecule has 0 aliphatic rings. The zero-order valence-electron chi connectivity index (χ0n) is 20.7. The summed E-state index contributed by atoms with van der Waals surface area (Å²) in [6.07, 6.45) is 1.56. The molecule has 0 saturated heterocycles. The van der Waals surface area contributed by atoms with Crippen LogP contribution in [0.3, 0.4) is 0 Å². The maximum Gasteiger partial charge on any atom is 0.266 e. The summed E-state index contributed by atoms with van der Waals surface area (Å²) in [5, 5.41) is 5.01. The van der Waals surface area contributed by atoms with Gasteiger partial charge in [-0.25, -0.2) is 10.4 Å². The van der Waals surface area contributed by atoms with E-state index in [4.69, 9.17) is 4.74 Å². The van der Waals surface area contributed by atoms with Crippen molar-refractivity contribution in [3.8, 4) is 11.4 Å². The number of ether oxygens (including phenoxy) is 1.